The summed E-state index contributed by atoms with van der Waals surface area (Å²) in [7, 11) is 0. The van der Waals surface area contributed by atoms with Gasteiger partial charge in [-0.25, -0.2) is 0 Å². The summed E-state index contributed by atoms with van der Waals surface area (Å²) in [5, 5.41) is 8.90. The van der Waals surface area contributed by atoms with Crippen molar-refractivity contribution in [2.45, 2.75) is 47.0 Å². The van der Waals surface area contributed by atoms with E-state index in [1.54, 1.807) is 0 Å². The van der Waals surface area contributed by atoms with Crippen molar-refractivity contribution >= 4 is 0 Å². The van der Waals surface area contributed by atoms with Crippen LogP contribution in [0.2, 0.25) is 0 Å². The minimum absolute atomic E-state index is 0.0414. The largest absolute Gasteiger partial charge is 0.401 e. The summed E-state index contributed by atoms with van der Waals surface area (Å²) in [4.78, 5) is 0. The lowest BCUT2D eigenvalue weighted by molar-refractivity contribution is 0.420. The first kappa shape index (κ1) is 12.0. The molecule has 0 fully saturated rings. The van der Waals surface area contributed by atoms with E-state index >= 15 is 0 Å². The first-order chi connectivity index (χ1) is 5.99. The van der Waals surface area contributed by atoms with Gasteiger partial charge in [0.2, 0.25) is 0 Å². The molecule has 0 atom stereocenters. The predicted molar refractivity (Wildman–Crippen MR) is 55.8 cm³/mol. The maximum Gasteiger partial charge on any atom is 0.0965 e. The molecule has 0 spiro atoms. The minimum Gasteiger partial charge on any atom is -0.401 e. The second-order valence-corrected chi connectivity index (χ2v) is 3.99. The summed E-state index contributed by atoms with van der Waals surface area (Å²) in [6.07, 6.45) is 2.74. The van der Waals surface area contributed by atoms with Crippen molar-refractivity contribution in [3.8, 4) is 6.07 Å². The molecule has 0 heterocycles. The Morgan fingerprint density at radius 3 is 2.23 bits per heavy atom. The minimum atomic E-state index is -0.0414. The molecule has 2 heteroatoms. The third-order valence-electron chi connectivity index (χ3n) is 2.57. The standard InChI is InChI=1S/C11H20N2/c1-5-7-9(8-12)10(13)11(3,4)6-2/h5-7,13H2,1-4H3. The molecule has 0 saturated heterocycles. The lowest BCUT2D eigenvalue weighted by Gasteiger charge is -2.24. The number of allylic oxidation sites excluding steroid dienone is 2. The highest BCUT2D eigenvalue weighted by atomic mass is 14.6. The molecule has 0 aliphatic rings. The van der Waals surface area contributed by atoms with Crippen LogP contribution in [-0.4, -0.2) is 0 Å². The highest BCUT2D eigenvalue weighted by molar-refractivity contribution is 5.29. The molecule has 0 aromatic carbocycles. The van der Waals surface area contributed by atoms with Crippen LogP contribution in [0.5, 0.6) is 0 Å². The molecule has 0 unspecified atom stereocenters. The third kappa shape index (κ3) is 3.10. The van der Waals surface area contributed by atoms with E-state index < -0.39 is 0 Å². The molecule has 0 amide bonds. The van der Waals surface area contributed by atoms with Gasteiger partial charge in [-0.2, -0.15) is 5.26 Å². The Bertz CT molecular complexity index is 231. The fraction of sp³-hybridized carbons (Fsp3) is 0.727. The lowest BCUT2D eigenvalue weighted by Crippen LogP contribution is -2.22. The molecule has 0 aliphatic carbocycles. The van der Waals surface area contributed by atoms with Gasteiger partial charge in [-0.15, -0.1) is 0 Å². The topological polar surface area (TPSA) is 49.8 Å². The summed E-state index contributed by atoms with van der Waals surface area (Å²) in [6, 6.07) is 2.20. The van der Waals surface area contributed by atoms with Crippen LogP contribution in [-0.2, 0) is 0 Å². The Morgan fingerprint density at radius 2 is 1.92 bits per heavy atom. The van der Waals surface area contributed by atoms with Crippen molar-refractivity contribution in [2.24, 2.45) is 11.1 Å². The molecular formula is C11H20N2. The van der Waals surface area contributed by atoms with Gasteiger partial charge in [0.05, 0.1) is 6.07 Å². The van der Waals surface area contributed by atoms with Gasteiger partial charge in [-0.05, 0) is 12.8 Å². The average Bonchev–Trinajstić information content (AvgIpc) is 2.13. The summed E-state index contributed by atoms with van der Waals surface area (Å²) in [6.45, 7) is 8.31. The molecule has 0 bridgehead atoms. The number of nitrogens with zero attached hydrogens (tertiary/aromatic N) is 1. The fourth-order valence-electron chi connectivity index (χ4n) is 1.10. The predicted octanol–water partition coefficient (Wildman–Crippen LogP) is 2.96. The number of nitriles is 1. The summed E-state index contributed by atoms with van der Waals surface area (Å²) < 4.78 is 0. The van der Waals surface area contributed by atoms with Crippen molar-refractivity contribution < 1.29 is 0 Å². The van der Waals surface area contributed by atoms with Crippen molar-refractivity contribution in [2.75, 3.05) is 0 Å². The van der Waals surface area contributed by atoms with E-state index in [0.29, 0.717) is 0 Å². The Labute approximate surface area is 81.4 Å². The van der Waals surface area contributed by atoms with Crippen LogP contribution in [0.3, 0.4) is 0 Å². The first-order valence-corrected chi connectivity index (χ1v) is 4.88. The Hall–Kier alpha value is -0.970. The van der Waals surface area contributed by atoms with Crippen LogP contribution in [0.1, 0.15) is 47.0 Å². The molecule has 74 valence electrons. The van der Waals surface area contributed by atoms with Crippen molar-refractivity contribution in [1.82, 2.24) is 0 Å². The molecule has 0 saturated carbocycles. The second-order valence-electron chi connectivity index (χ2n) is 3.99. The van der Waals surface area contributed by atoms with E-state index in [2.05, 4.69) is 33.8 Å². The second kappa shape index (κ2) is 4.91. The van der Waals surface area contributed by atoms with E-state index in [1.807, 2.05) is 0 Å². The van der Waals surface area contributed by atoms with Crippen molar-refractivity contribution in [3.63, 3.8) is 0 Å². The molecule has 2 N–H and O–H groups in total. The average molecular weight is 180 g/mol. The molecule has 13 heavy (non-hydrogen) atoms. The van der Waals surface area contributed by atoms with Crippen LogP contribution < -0.4 is 5.73 Å². The summed E-state index contributed by atoms with van der Waals surface area (Å²) in [5.74, 6) is 0. The molecule has 0 aromatic heterocycles. The van der Waals surface area contributed by atoms with Gasteiger partial charge in [-0.3, -0.25) is 0 Å². The Kier molecular flexibility index (Phi) is 4.55. The number of hydrogen-bond donors (Lipinski definition) is 1. The number of rotatable bonds is 4. The van der Waals surface area contributed by atoms with Gasteiger partial charge in [0.15, 0.2) is 0 Å². The molecule has 2 nitrogen and oxygen atoms in total. The summed E-state index contributed by atoms with van der Waals surface area (Å²) >= 11 is 0. The Balaban J connectivity index is 4.87. The zero-order valence-corrected chi connectivity index (χ0v) is 9.15. The van der Waals surface area contributed by atoms with Gasteiger partial charge >= 0.3 is 0 Å². The maximum absolute atomic E-state index is 8.90. The van der Waals surface area contributed by atoms with Crippen molar-refractivity contribution in [3.05, 3.63) is 11.3 Å². The van der Waals surface area contributed by atoms with Gasteiger partial charge in [0.25, 0.3) is 0 Å². The molecule has 0 aliphatic heterocycles. The monoisotopic (exact) mass is 180 g/mol. The van der Waals surface area contributed by atoms with E-state index in [-0.39, 0.29) is 5.41 Å². The summed E-state index contributed by atoms with van der Waals surface area (Å²) in [5.41, 5.74) is 7.44. The van der Waals surface area contributed by atoms with Crippen molar-refractivity contribution in [1.29, 1.82) is 5.26 Å². The van der Waals surface area contributed by atoms with E-state index in [4.69, 9.17) is 11.0 Å². The molecule has 0 radical (unpaired) electrons. The first-order valence-electron chi connectivity index (χ1n) is 4.88. The van der Waals surface area contributed by atoms with Crippen LogP contribution >= 0.6 is 0 Å². The van der Waals surface area contributed by atoms with Gasteiger partial charge in [-0.1, -0.05) is 34.1 Å². The maximum atomic E-state index is 8.90. The molecule has 0 rings (SSSR count). The Morgan fingerprint density at radius 1 is 1.38 bits per heavy atom. The van der Waals surface area contributed by atoms with Gasteiger partial charge in [0.1, 0.15) is 0 Å². The SMILES string of the molecule is CCCC(C#N)=C(N)C(C)(C)CC. The highest BCUT2D eigenvalue weighted by Crippen LogP contribution is 2.29. The van der Waals surface area contributed by atoms with E-state index in [0.717, 1.165) is 30.5 Å². The van der Waals surface area contributed by atoms with Crippen LogP contribution in [0.4, 0.5) is 0 Å². The highest BCUT2D eigenvalue weighted by Gasteiger charge is 2.21. The van der Waals surface area contributed by atoms with E-state index in [9.17, 15) is 0 Å². The number of nitrogens with two attached hydrogens (primary N) is 1. The van der Waals surface area contributed by atoms with Crippen LogP contribution in [0.15, 0.2) is 11.3 Å². The molecular weight excluding hydrogens is 160 g/mol. The fourth-order valence-corrected chi connectivity index (χ4v) is 1.10. The normalized spacial score (nSPS) is 13.5. The van der Waals surface area contributed by atoms with Crippen LogP contribution in [0, 0.1) is 16.7 Å². The van der Waals surface area contributed by atoms with Crippen LogP contribution in [0.25, 0.3) is 0 Å². The van der Waals surface area contributed by atoms with Gasteiger partial charge in [0, 0.05) is 16.7 Å². The quantitative estimate of drug-likeness (QED) is 0.676. The zero-order chi connectivity index (χ0) is 10.5. The molecule has 0 aromatic rings. The number of hydrogen-bond acceptors (Lipinski definition) is 2. The lowest BCUT2D eigenvalue weighted by atomic mass is 9.83. The van der Waals surface area contributed by atoms with E-state index in [1.165, 1.54) is 0 Å². The zero-order valence-electron chi connectivity index (χ0n) is 9.15. The van der Waals surface area contributed by atoms with Gasteiger partial charge < -0.3 is 5.73 Å². The smallest absolute Gasteiger partial charge is 0.0965 e. The third-order valence-corrected chi connectivity index (χ3v) is 2.57.